The highest BCUT2D eigenvalue weighted by molar-refractivity contribution is 5.94. The summed E-state index contributed by atoms with van der Waals surface area (Å²) in [6.07, 6.45) is 0.737. The van der Waals surface area contributed by atoms with Crippen molar-refractivity contribution in [3.05, 3.63) is 59.2 Å². The molecule has 0 saturated carbocycles. The zero-order valence-electron chi connectivity index (χ0n) is 13.3. The molecule has 22 heavy (non-hydrogen) atoms. The number of carbonyl (C=O) groups is 1. The van der Waals surface area contributed by atoms with Crippen molar-refractivity contribution < 1.29 is 9.90 Å². The molecule has 2 N–H and O–H groups in total. The van der Waals surface area contributed by atoms with Gasteiger partial charge in [-0.3, -0.25) is 4.79 Å². The van der Waals surface area contributed by atoms with Gasteiger partial charge < -0.3 is 15.3 Å². The van der Waals surface area contributed by atoms with Crippen LogP contribution in [0.15, 0.2) is 42.5 Å². The topological polar surface area (TPSA) is 52.6 Å². The van der Waals surface area contributed by atoms with Crippen LogP contribution >= 0.6 is 0 Å². The molecule has 4 heteroatoms. The normalized spacial score (nSPS) is 10.3. The molecule has 0 aliphatic heterocycles. The standard InChI is InChI=1S/C18H22N2O2/c1-13-12-15(6-9-17(13)20(2)3)18(22)19-11-10-14-4-7-16(21)8-5-14/h4-9,12,21H,10-11H2,1-3H3,(H,19,22). The number of carbonyl (C=O) groups excluding carboxylic acids is 1. The number of nitrogens with one attached hydrogen (secondary N) is 1. The fraction of sp³-hybridized carbons (Fsp3) is 0.278. The second kappa shape index (κ2) is 6.98. The molecule has 0 bridgehead atoms. The van der Waals surface area contributed by atoms with E-state index in [4.69, 9.17) is 0 Å². The smallest absolute Gasteiger partial charge is 0.251 e. The summed E-state index contributed by atoms with van der Waals surface area (Å²) in [7, 11) is 3.97. The molecule has 0 spiro atoms. The Morgan fingerprint density at radius 1 is 1.14 bits per heavy atom. The molecule has 0 heterocycles. The molecule has 2 aromatic rings. The van der Waals surface area contributed by atoms with Crippen LogP contribution in [-0.4, -0.2) is 31.7 Å². The number of hydrogen-bond acceptors (Lipinski definition) is 3. The molecule has 0 aliphatic rings. The number of phenols is 1. The maximum absolute atomic E-state index is 12.2. The summed E-state index contributed by atoms with van der Waals surface area (Å²) in [5.74, 6) is 0.191. The average molecular weight is 298 g/mol. The average Bonchev–Trinajstić information content (AvgIpc) is 2.48. The third kappa shape index (κ3) is 4.01. The molecule has 2 rings (SSSR count). The summed E-state index contributed by atoms with van der Waals surface area (Å²) >= 11 is 0. The van der Waals surface area contributed by atoms with Crippen molar-refractivity contribution in [3.8, 4) is 5.75 Å². The first-order chi connectivity index (χ1) is 10.5. The van der Waals surface area contributed by atoms with Gasteiger partial charge in [0.2, 0.25) is 0 Å². The lowest BCUT2D eigenvalue weighted by Crippen LogP contribution is -2.25. The number of nitrogens with zero attached hydrogens (tertiary/aromatic N) is 1. The van der Waals surface area contributed by atoms with Gasteiger partial charge in [-0.05, 0) is 54.8 Å². The monoisotopic (exact) mass is 298 g/mol. The Balaban J connectivity index is 1.92. The molecule has 4 nitrogen and oxygen atoms in total. The number of anilines is 1. The van der Waals surface area contributed by atoms with E-state index in [1.165, 1.54) is 0 Å². The van der Waals surface area contributed by atoms with Crippen molar-refractivity contribution in [2.24, 2.45) is 0 Å². The Bertz CT molecular complexity index is 649. The Hall–Kier alpha value is -2.49. The van der Waals surface area contributed by atoms with Gasteiger partial charge in [-0.25, -0.2) is 0 Å². The minimum absolute atomic E-state index is 0.0628. The van der Waals surface area contributed by atoms with Gasteiger partial charge in [0.05, 0.1) is 0 Å². The van der Waals surface area contributed by atoms with Crippen molar-refractivity contribution in [1.29, 1.82) is 0 Å². The van der Waals surface area contributed by atoms with Gasteiger partial charge in [0.25, 0.3) is 5.91 Å². The van der Waals surface area contributed by atoms with Crippen LogP contribution in [0, 0.1) is 6.92 Å². The van der Waals surface area contributed by atoms with Crippen LogP contribution in [0.3, 0.4) is 0 Å². The van der Waals surface area contributed by atoms with Gasteiger partial charge in [0.1, 0.15) is 5.75 Å². The summed E-state index contributed by atoms with van der Waals surface area (Å²) in [5.41, 5.74) is 3.95. The van der Waals surface area contributed by atoms with E-state index in [2.05, 4.69) is 5.32 Å². The number of aromatic hydroxyl groups is 1. The first kappa shape index (κ1) is 15.9. The fourth-order valence-electron chi connectivity index (χ4n) is 2.38. The Morgan fingerprint density at radius 3 is 2.41 bits per heavy atom. The number of amides is 1. The SMILES string of the molecule is Cc1cc(C(=O)NCCc2ccc(O)cc2)ccc1N(C)C. The predicted molar refractivity (Wildman–Crippen MR) is 89.7 cm³/mol. The first-order valence-electron chi connectivity index (χ1n) is 7.31. The number of hydrogen-bond donors (Lipinski definition) is 2. The largest absolute Gasteiger partial charge is 0.508 e. The zero-order valence-corrected chi connectivity index (χ0v) is 13.3. The van der Waals surface area contributed by atoms with E-state index in [-0.39, 0.29) is 11.7 Å². The highest BCUT2D eigenvalue weighted by atomic mass is 16.3. The number of rotatable bonds is 5. The van der Waals surface area contributed by atoms with E-state index < -0.39 is 0 Å². The molecule has 0 unspecified atom stereocenters. The predicted octanol–water partition coefficient (Wildman–Crippen LogP) is 2.74. The summed E-state index contributed by atoms with van der Waals surface area (Å²) in [4.78, 5) is 14.2. The van der Waals surface area contributed by atoms with E-state index in [0.29, 0.717) is 12.1 Å². The molecule has 0 fully saturated rings. The van der Waals surface area contributed by atoms with Crippen LogP contribution in [0.4, 0.5) is 5.69 Å². The lowest BCUT2D eigenvalue weighted by molar-refractivity contribution is 0.0954. The highest BCUT2D eigenvalue weighted by Crippen LogP contribution is 2.19. The van der Waals surface area contributed by atoms with Crippen LogP contribution in [0.1, 0.15) is 21.5 Å². The molecule has 2 aromatic carbocycles. The van der Waals surface area contributed by atoms with Crippen molar-refractivity contribution in [1.82, 2.24) is 5.32 Å². The van der Waals surface area contributed by atoms with Crippen LogP contribution in [-0.2, 0) is 6.42 Å². The summed E-state index contributed by atoms with van der Waals surface area (Å²) in [6.45, 7) is 2.57. The Kier molecular flexibility index (Phi) is 5.04. The van der Waals surface area contributed by atoms with Crippen LogP contribution < -0.4 is 10.2 Å². The van der Waals surface area contributed by atoms with Gasteiger partial charge in [-0.1, -0.05) is 12.1 Å². The molecule has 1 amide bonds. The molecule has 0 radical (unpaired) electrons. The Labute approximate surface area is 131 Å². The van der Waals surface area contributed by atoms with Crippen molar-refractivity contribution in [2.75, 3.05) is 25.5 Å². The molecule has 0 saturated heterocycles. The van der Waals surface area contributed by atoms with E-state index in [9.17, 15) is 9.90 Å². The van der Waals surface area contributed by atoms with Gasteiger partial charge in [0, 0.05) is 31.9 Å². The summed E-state index contributed by atoms with van der Waals surface area (Å²) in [5, 5.41) is 12.2. The fourth-order valence-corrected chi connectivity index (χ4v) is 2.38. The quantitative estimate of drug-likeness (QED) is 0.892. The van der Waals surface area contributed by atoms with Crippen LogP contribution in [0.5, 0.6) is 5.75 Å². The van der Waals surface area contributed by atoms with Crippen molar-refractivity contribution in [2.45, 2.75) is 13.3 Å². The van der Waals surface area contributed by atoms with Gasteiger partial charge in [-0.2, -0.15) is 0 Å². The first-order valence-corrected chi connectivity index (χ1v) is 7.31. The molecule has 0 aliphatic carbocycles. The number of phenolic OH excluding ortho intramolecular Hbond substituents is 1. The summed E-state index contributed by atoms with van der Waals surface area (Å²) in [6, 6.07) is 12.7. The number of aryl methyl sites for hydroxylation is 1. The summed E-state index contributed by atoms with van der Waals surface area (Å²) < 4.78 is 0. The third-order valence-electron chi connectivity index (χ3n) is 3.58. The molecular weight excluding hydrogens is 276 g/mol. The molecular formula is C18H22N2O2. The lowest BCUT2D eigenvalue weighted by Gasteiger charge is -2.16. The van der Waals surface area contributed by atoms with Crippen LogP contribution in [0.25, 0.3) is 0 Å². The van der Waals surface area contributed by atoms with Crippen molar-refractivity contribution >= 4 is 11.6 Å². The molecule has 0 atom stereocenters. The van der Waals surface area contributed by atoms with Gasteiger partial charge >= 0.3 is 0 Å². The minimum atomic E-state index is -0.0628. The minimum Gasteiger partial charge on any atom is -0.508 e. The Morgan fingerprint density at radius 2 is 1.82 bits per heavy atom. The molecule has 0 aromatic heterocycles. The second-order valence-corrected chi connectivity index (χ2v) is 5.57. The van der Waals surface area contributed by atoms with E-state index in [1.54, 1.807) is 12.1 Å². The van der Waals surface area contributed by atoms with E-state index in [1.807, 2.05) is 56.3 Å². The third-order valence-corrected chi connectivity index (χ3v) is 3.58. The van der Waals surface area contributed by atoms with Gasteiger partial charge in [-0.15, -0.1) is 0 Å². The van der Waals surface area contributed by atoms with Gasteiger partial charge in [0.15, 0.2) is 0 Å². The second-order valence-electron chi connectivity index (χ2n) is 5.57. The maximum Gasteiger partial charge on any atom is 0.251 e. The maximum atomic E-state index is 12.2. The number of benzene rings is 2. The van der Waals surface area contributed by atoms with Crippen molar-refractivity contribution in [3.63, 3.8) is 0 Å². The molecule has 116 valence electrons. The van der Waals surface area contributed by atoms with E-state index >= 15 is 0 Å². The van der Waals surface area contributed by atoms with E-state index in [0.717, 1.165) is 23.2 Å². The van der Waals surface area contributed by atoms with Crippen LogP contribution in [0.2, 0.25) is 0 Å². The zero-order chi connectivity index (χ0) is 16.1. The lowest BCUT2D eigenvalue weighted by atomic mass is 10.1. The highest BCUT2D eigenvalue weighted by Gasteiger charge is 2.08.